The van der Waals surface area contributed by atoms with Gasteiger partial charge in [-0.2, -0.15) is 0 Å². The maximum Gasteiger partial charge on any atom is 0.488 e. The lowest BCUT2D eigenvalue weighted by molar-refractivity contribution is 0.425. The molecule has 4 nitrogen and oxygen atoms in total. The summed E-state index contributed by atoms with van der Waals surface area (Å²) >= 11 is 18.0. The van der Waals surface area contributed by atoms with Crippen LogP contribution < -0.4 is 5.46 Å². The average molecular weight is 616 g/mol. The molecule has 0 saturated heterocycles. The SMILES string of the molecule is Cc1cc(C)cc(-c2cc(Cl)c3ccccc3n2)c1.Cc1cc(C)cc(B(O)O)c1.Clc1cc(Cl)c2ccccc2n1. The molecule has 4 aromatic carbocycles. The van der Waals surface area contributed by atoms with Crippen molar-refractivity contribution >= 4 is 69.2 Å². The number of aromatic nitrogens is 2. The molecule has 0 atom stereocenters. The van der Waals surface area contributed by atoms with E-state index < -0.39 is 7.12 Å². The van der Waals surface area contributed by atoms with E-state index in [9.17, 15) is 0 Å². The van der Waals surface area contributed by atoms with Crippen LogP contribution in [0.5, 0.6) is 0 Å². The van der Waals surface area contributed by atoms with Crippen molar-refractivity contribution in [1.29, 1.82) is 0 Å². The number of hydrogen-bond donors (Lipinski definition) is 2. The van der Waals surface area contributed by atoms with Gasteiger partial charge in [-0.15, -0.1) is 0 Å². The van der Waals surface area contributed by atoms with Crippen LogP contribution in [0.4, 0.5) is 0 Å². The molecule has 0 saturated carbocycles. The zero-order chi connectivity index (χ0) is 30.4. The van der Waals surface area contributed by atoms with Gasteiger partial charge in [0.2, 0.25) is 0 Å². The topological polar surface area (TPSA) is 66.2 Å². The molecular formula is C34H30BCl3N2O2. The number of hydrogen-bond acceptors (Lipinski definition) is 4. The van der Waals surface area contributed by atoms with Gasteiger partial charge in [-0.05, 0) is 69.6 Å². The highest BCUT2D eigenvalue weighted by Gasteiger charge is 2.10. The Labute approximate surface area is 261 Å². The third-order valence-corrected chi connectivity index (χ3v) is 7.18. The molecule has 6 rings (SSSR count). The quantitative estimate of drug-likeness (QED) is 0.151. The Morgan fingerprint density at radius 2 is 1.00 bits per heavy atom. The molecule has 6 aromatic rings. The summed E-state index contributed by atoms with van der Waals surface area (Å²) in [6, 6.07) is 31.1. The molecule has 0 spiro atoms. The van der Waals surface area contributed by atoms with E-state index in [-0.39, 0.29) is 0 Å². The molecule has 2 aromatic heterocycles. The van der Waals surface area contributed by atoms with Crippen molar-refractivity contribution in [3.05, 3.63) is 135 Å². The molecule has 0 aliphatic rings. The van der Waals surface area contributed by atoms with Crippen LogP contribution in [0.15, 0.2) is 97.1 Å². The minimum absolute atomic E-state index is 0.429. The van der Waals surface area contributed by atoms with Crippen LogP contribution >= 0.6 is 34.8 Å². The number of halogens is 3. The smallest absolute Gasteiger partial charge is 0.423 e. The molecule has 0 unspecified atom stereocenters. The fraction of sp³-hybridized carbons (Fsp3) is 0.118. The summed E-state index contributed by atoms with van der Waals surface area (Å²) in [6.45, 7) is 8.05. The predicted molar refractivity (Wildman–Crippen MR) is 179 cm³/mol. The van der Waals surface area contributed by atoms with Crippen LogP contribution in [0.25, 0.3) is 33.1 Å². The Balaban J connectivity index is 0.000000153. The number of benzene rings is 4. The van der Waals surface area contributed by atoms with E-state index in [4.69, 9.17) is 49.8 Å². The van der Waals surface area contributed by atoms with E-state index in [2.05, 4.69) is 37.0 Å². The van der Waals surface area contributed by atoms with Gasteiger partial charge in [-0.25, -0.2) is 9.97 Å². The lowest BCUT2D eigenvalue weighted by Crippen LogP contribution is -2.30. The van der Waals surface area contributed by atoms with Gasteiger partial charge in [0.1, 0.15) is 5.15 Å². The first kappa shape index (κ1) is 31.5. The molecular weight excluding hydrogens is 586 g/mol. The van der Waals surface area contributed by atoms with Crippen molar-refractivity contribution < 1.29 is 10.0 Å². The van der Waals surface area contributed by atoms with E-state index in [1.807, 2.05) is 74.5 Å². The van der Waals surface area contributed by atoms with Gasteiger partial charge in [0.25, 0.3) is 0 Å². The van der Waals surface area contributed by atoms with Crippen LogP contribution in [-0.4, -0.2) is 27.1 Å². The van der Waals surface area contributed by atoms with Gasteiger partial charge in [-0.1, -0.05) is 118 Å². The zero-order valence-corrected chi connectivity index (χ0v) is 26.0. The third-order valence-electron chi connectivity index (χ3n) is 6.36. The molecule has 212 valence electrons. The predicted octanol–water partition coefficient (Wildman–Crippen LogP) is 8.70. The van der Waals surface area contributed by atoms with Crippen LogP contribution in [0.1, 0.15) is 22.3 Å². The highest BCUT2D eigenvalue weighted by Crippen LogP contribution is 2.29. The number of para-hydroxylation sites is 2. The molecule has 0 aliphatic heterocycles. The van der Waals surface area contributed by atoms with Crippen molar-refractivity contribution in [3.63, 3.8) is 0 Å². The molecule has 2 heterocycles. The Kier molecular flexibility index (Phi) is 10.6. The van der Waals surface area contributed by atoms with Crippen LogP contribution in [0.2, 0.25) is 15.2 Å². The summed E-state index contributed by atoms with van der Waals surface area (Å²) < 4.78 is 0. The average Bonchev–Trinajstić information content (AvgIpc) is 2.93. The lowest BCUT2D eigenvalue weighted by Gasteiger charge is -2.07. The monoisotopic (exact) mass is 614 g/mol. The highest BCUT2D eigenvalue weighted by atomic mass is 35.5. The second-order valence-electron chi connectivity index (χ2n) is 10.1. The summed E-state index contributed by atoms with van der Waals surface area (Å²) in [6.07, 6.45) is 0. The van der Waals surface area contributed by atoms with Crippen molar-refractivity contribution in [2.45, 2.75) is 27.7 Å². The number of fused-ring (bicyclic) bond motifs is 2. The summed E-state index contributed by atoms with van der Waals surface area (Å²) in [5, 5.41) is 21.4. The molecule has 0 bridgehead atoms. The van der Waals surface area contributed by atoms with Gasteiger partial charge in [0.05, 0.1) is 26.8 Å². The number of rotatable bonds is 2. The van der Waals surface area contributed by atoms with Crippen LogP contribution in [0.3, 0.4) is 0 Å². The molecule has 0 fully saturated rings. The van der Waals surface area contributed by atoms with Gasteiger partial charge in [-0.3, -0.25) is 0 Å². The van der Waals surface area contributed by atoms with E-state index in [1.165, 1.54) is 11.1 Å². The Bertz CT molecular complexity index is 1820. The molecule has 0 aliphatic carbocycles. The van der Waals surface area contributed by atoms with Crippen molar-refractivity contribution in [3.8, 4) is 11.3 Å². The first-order chi connectivity index (χ1) is 20.0. The highest BCUT2D eigenvalue weighted by molar-refractivity contribution is 6.58. The summed E-state index contributed by atoms with van der Waals surface area (Å²) in [5.74, 6) is 0. The van der Waals surface area contributed by atoms with Gasteiger partial charge in [0.15, 0.2) is 0 Å². The first-order valence-electron chi connectivity index (χ1n) is 13.3. The summed E-state index contributed by atoms with van der Waals surface area (Å²) in [5.41, 5.74) is 8.94. The van der Waals surface area contributed by atoms with Gasteiger partial charge in [0, 0.05) is 16.3 Å². The largest absolute Gasteiger partial charge is 0.488 e. The van der Waals surface area contributed by atoms with Crippen LogP contribution in [-0.2, 0) is 0 Å². The fourth-order valence-electron chi connectivity index (χ4n) is 4.67. The second kappa shape index (κ2) is 14.1. The summed E-state index contributed by atoms with van der Waals surface area (Å²) in [4.78, 5) is 8.82. The van der Waals surface area contributed by atoms with Gasteiger partial charge >= 0.3 is 7.12 Å². The minimum atomic E-state index is -1.35. The van der Waals surface area contributed by atoms with E-state index >= 15 is 0 Å². The fourth-order valence-corrected chi connectivity index (χ4v) is 5.45. The van der Waals surface area contributed by atoms with Gasteiger partial charge < -0.3 is 10.0 Å². The third kappa shape index (κ3) is 8.31. The maximum absolute atomic E-state index is 8.83. The van der Waals surface area contributed by atoms with E-state index in [0.717, 1.165) is 49.2 Å². The number of nitrogens with zero attached hydrogens (tertiary/aromatic N) is 2. The Hall–Kier alpha value is -3.45. The standard InChI is InChI=1S/C17H14ClN.C9H5Cl2N.C8H11BO2/c1-11-7-12(2)9-13(8-11)17-10-15(18)14-5-3-4-6-16(14)19-17;10-7-5-9(11)12-8-4-2-1-3-6(7)8;1-6-3-7(2)5-8(4-6)9(10)11/h3-10H,1-2H3;1-5H;3-5,10-11H,1-2H3. The van der Waals surface area contributed by atoms with E-state index in [0.29, 0.717) is 15.6 Å². The Morgan fingerprint density at radius 1 is 0.548 bits per heavy atom. The molecule has 8 heteroatoms. The Morgan fingerprint density at radius 3 is 1.52 bits per heavy atom. The van der Waals surface area contributed by atoms with E-state index in [1.54, 1.807) is 18.2 Å². The second-order valence-corrected chi connectivity index (χ2v) is 11.3. The van der Waals surface area contributed by atoms with Crippen LogP contribution in [0, 0.1) is 27.7 Å². The normalized spacial score (nSPS) is 10.5. The molecule has 2 N–H and O–H groups in total. The number of pyridine rings is 2. The number of aryl methyl sites for hydroxylation is 4. The molecule has 0 amide bonds. The molecule has 0 radical (unpaired) electrons. The lowest BCUT2D eigenvalue weighted by atomic mass is 9.79. The summed E-state index contributed by atoms with van der Waals surface area (Å²) in [7, 11) is -1.35. The minimum Gasteiger partial charge on any atom is -0.423 e. The van der Waals surface area contributed by atoms with Crippen molar-refractivity contribution in [1.82, 2.24) is 9.97 Å². The van der Waals surface area contributed by atoms with Crippen molar-refractivity contribution in [2.75, 3.05) is 0 Å². The van der Waals surface area contributed by atoms with Crippen molar-refractivity contribution in [2.24, 2.45) is 0 Å². The molecule has 42 heavy (non-hydrogen) atoms. The maximum atomic E-state index is 8.83. The zero-order valence-electron chi connectivity index (χ0n) is 23.7. The first-order valence-corrected chi connectivity index (χ1v) is 14.4.